The average molecular weight is 331 g/mol. The molecule has 0 spiro atoms. The maximum absolute atomic E-state index is 10.9. The minimum atomic E-state index is -0.389. The highest BCUT2D eigenvalue weighted by atomic mass is 32.1. The molecule has 0 saturated heterocycles. The first-order valence-electron chi connectivity index (χ1n) is 8.40. The SMILES string of the molecule is O=[N+]([O-])c1cccc(NC(=S)NC2C3CC4CC(C3)CC2C4)c1. The number of nitro groups is 1. The van der Waals surface area contributed by atoms with Crippen LogP contribution in [0.4, 0.5) is 11.4 Å². The molecular weight excluding hydrogens is 310 g/mol. The number of benzene rings is 1. The third-order valence-electron chi connectivity index (χ3n) is 5.84. The molecule has 23 heavy (non-hydrogen) atoms. The van der Waals surface area contributed by atoms with Crippen LogP contribution in [0, 0.1) is 33.8 Å². The van der Waals surface area contributed by atoms with Gasteiger partial charge in [0.2, 0.25) is 0 Å². The third-order valence-corrected chi connectivity index (χ3v) is 6.06. The molecule has 2 N–H and O–H groups in total. The number of hydrogen-bond donors (Lipinski definition) is 2. The van der Waals surface area contributed by atoms with Crippen molar-refractivity contribution >= 4 is 28.7 Å². The molecule has 1 aromatic carbocycles. The summed E-state index contributed by atoms with van der Waals surface area (Å²) in [6.07, 6.45) is 6.79. The van der Waals surface area contributed by atoms with Gasteiger partial charge >= 0.3 is 0 Å². The summed E-state index contributed by atoms with van der Waals surface area (Å²) in [6.45, 7) is 0. The summed E-state index contributed by atoms with van der Waals surface area (Å²) in [5, 5.41) is 18.1. The van der Waals surface area contributed by atoms with E-state index in [0.29, 0.717) is 16.8 Å². The predicted octanol–water partition coefficient (Wildman–Crippen LogP) is 3.71. The number of nitro benzene ring substituents is 1. The molecule has 4 aliphatic carbocycles. The van der Waals surface area contributed by atoms with Crippen LogP contribution in [0.1, 0.15) is 32.1 Å². The van der Waals surface area contributed by atoms with Crippen molar-refractivity contribution in [2.45, 2.75) is 38.1 Å². The van der Waals surface area contributed by atoms with Crippen molar-refractivity contribution in [3.8, 4) is 0 Å². The summed E-state index contributed by atoms with van der Waals surface area (Å²) >= 11 is 5.45. The molecule has 0 atom stereocenters. The molecule has 5 rings (SSSR count). The number of nitrogens with zero attached hydrogens (tertiary/aromatic N) is 1. The highest BCUT2D eigenvalue weighted by molar-refractivity contribution is 7.80. The van der Waals surface area contributed by atoms with Crippen molar-refractivity contribution in [1.82, 2.24) is 5.32 Å². The van der Waals surface area contributed by atoms with Crippen molar-refractivity contribution in [3.05, 3.63) is 34.4 Å². The molecule has 122 valence electrons. The maximum atomic E-state index is 10.9. The fourth-order valence-corrected chi connectivity index (χ4v) is 5.43. The van der Waals surface area contributed by atoms with Gasteiger partial charge in [0.05, 0.1) is 4.92 Å². The second kappa shape index (κ2) is 5.74. The Bertz CT molecular complexity index is 620. The number of non-ortho nitro benzene ring substituents is 1. The summed E-state index contributed by atoms with van der Waals surface area (Å²) in [5.41, 5.74) is 0.743. The Hall–Kier alpha value is -1.69. The number of anilines is 1. The largest absolute Gasteiger partial charge is 0.359 e. The van der Waals surface area contributed by atoms with Crippen LogP contribution < -0.4 is 10.6 Å². The number of thiocarbonyl (C=S) groups is 1. The minimum Gasteiger partial charge on any atom is -0.359 e. The first-order valence-corrected chi connectivity index (χ1v) is 8.81. The van der Waals surface area contributed by atoms with E-state index in [1.165, 1.54) is 44.2 Å². The highest BCUT2D eigenvalue weighted by Gasteiger charge is 2.48. The zero-order valence-corrected chi connectivity index (χ0v) is 13.7. The van der Waals surface area contributed by atoms with Crippen molar-refractivity contribution in [2.75, 3.05) is 5.32 Å². The monoisotopic (exact) mass is 331 g/mol. The molecule has 0 heterocycles. The molecule has 0 amide bonds. The molecule has 5 nitrogen and oxygen atoms in total. The van der Waals surface area contributed by atoms with Gasteiger partial charge in [-0.05, 0) is 74.1 Å². The topological polar surface area (TPSA) is 67.2 Å². The molecule has 0 radical (unpaired) electrons. The molecular formula is C17H21N3O2S. The zero-order valence-electron chi connectivity index (χ0n) is 12.9. The normalized spacial score (nSPS) is 34.2. The molecule has 0 aliphatic heterocycles. The van der Waals surface area contributed by atoms with Crippen LogP contribution in [0.5, 0.6) is 0 Å². The van der Waals surface area contributed by atoms with Gasteiger partial charge in [0.1, 0.15) is 0 Å². The summed E-state index contributed by atoms with van der Waals surface area (Å²) in [7, 11) is 0. The van der Waals surface area contributed by atoms with Crippen molar-refractivity contribution in [1.29, 1.82) is 0 Å². The van der Waals surface area contributed by atoms with Gasteiger partial charge in [0.25, 0.3) is 5.69 Å². The Labute approximate surface area is 141 Å². The molecule has 4 bridgehead atoms. The summed E-state index contributed by atoms with van der Waals surface area (Å²) < 4.78 is 0. The molecule has 0 unspecified atom stereocenters. The molecule has 1 aromatic rings. The van der Waals surface area contributed by atoms with Gasteiger partial charge in [0.15, 0.2) is 5.11 Å². The van der Waals surface area contributed by atoms with Gasteiger partial charge in [-0.2, -0.15) is 0 Å². The Balaban J connectivity index is 1.40. The van der Waals surface area contributed by atoms with E-state index in [1.807, 2.05) is 0 Å². The lowest BCUT2D eigenvalue weighted by Gasteiger charge is -2.54. The van der Waals surface area contributed by atoms with Crippen molar-refractivity contribution in [2.24, 2.45) is 23.7 Å². The van der Waals surface area contributed by atoms with E-state index in [2.05, 4.69) is 10.6 Å². The molecule has 4 aliphatic rings. The quantitative estimate of drug-likeness (QED) is 0.502. The predicted molar refractivity (Wildman–Crippen MR) is 93.3 cm³/mol. The minimum absolute atomic E-state index is 0.0763. The standard InChI is InChI=1S/C17H21N3O2S/c21-20(22)15-3-1-2-14(9-15)18-17(23)19-16-12-5-10-4-11(7-12)8-13(16)6-10/h1-3,9-13,16H,4-8H2,(H2,18,19,23). The van der Waals surface area contributed by atoms with Gasteiger partial charge in [-0.1, -0.05) is 6.07 Å². The smallest absolute Gasteiger partial charge is 0.271 e. The summed E-state index contributed by atoms with van der Waals surface area (Å²) in [4.78, 5) is 10.5. The van der Waals surface area contributed by atoms with Crippen LogP contribution in [-0.4, -0.2) is 16.1 Å². The van der Waals surface area contributed by atoms with E-state index < -0.39 is 0 Å². The molecule has 4 fully saturated rings. The zero-order chi connectivity index (χ0) is 16.0. The van der Waals surface area contributed by atoms with Gasteiger partial charge in [-0.15, -0.1) is 0 Å². The van der Waals surface area contributed by atoms with Gasteiger partial charge in [-0.25, -0.2) is 0 Å². The Morgan fingerprint density at radius 1 is 1.13 bits per heavy atom. The fraction of sp³-hybridized carbons (Fsp3) is 0.588. The van der Waals surface area contributed by atoms with E-state index in [-0.39, 0.29) is 10.6 Å². The van der Waals surface area contributed by atoms with Crippen molar-refractivity contribution in [3.63, 3.8) is 0 Å². The maximum Gasteiger partial charge on any atom is 0.271 e. The third kappa shape index (κ3) is 2.92. The van der Waals surface area contributed by atoms with Gasteiger partial charge < -0.3 is 10.6 Å². The molecule has 0 aromatic heterocycles. The number of rotatable bonds is 3. The van der Waals surface area contributed by atoms with Crippen LogP contribution >= 0.6 is 12.2 Å². The summed E-state index contributed by atoms with van der Waals surface area (Å²) in [5.74, 6) is 3.37. The Morgan fingerprint density at radius 3 is 2.39 bits per heavy atom. The number of nitrogens with one attached hydrogen (secondary N) is 2. The lowest BCUT2D eigenvalue weighted by Crippen LogP contribution is -2.56. The van der Waals surface area contributed by atoms with Crippen molar-refractivity contribution < 1.29 is 4.92 Å². The molecule has 6 heteroatoms. The average Bonchev–Trinajstić information content (AvgIpc) is 2.50. The first-order chi connectivity index (χ1) is 11.1. The van der Waals surface area contributed by atoms with Crippen LogP contribution in [-0.2, 0) is 0 Å². The van der Waals surface area contributed by atoms with Gasteiger partial charge in [0, 0.05) is 23.9 Å². The fourth-order valence-electron chi connectivity index (χ4n) is 5.18. The van der Waals surface area contributed by atoms with Gasteiger partial charge in [-0.3, -0.25) is 10.1 Å². The Morgan fingerprint density at radius 2 is 1.78 bits per heavy atom. The number of hydrogen-bond acceptors (Lipinski definition) is 3. The van der Waals surface area contributed by atoms with E-state index in [1.54, 1.807) is 12.1 Å². The van der Waals surface area contributed by atoms with E-state index in [4.69, 9.17) is 12.2 Å². The molecule has 4 saturated carbocycles. The lowest BCUT2D eigenvalue weighted by molar-refractivity contribution is -0.384. The van der Waals surface area contributed by atoms with E-state index in [9.17, 15) is 10.1 Å². The second-order valence-electron chi connectivity index (χ2n) is 7.36. The van der Waals surface area contributed by atoms with Crippen LogP contribution in [0.2, 0.25) is 0 Å². The van der Waals surface area contributed by atoms with E-state index >= 15 is 0 Å². The van der Waals surface area contributed by atoms with E-state index in [0.717, 1.165) is 23.7 Å². The highest BCUT2D eigenvalue weighted by Crippen LogP contribution is 2.53. The lowest BCUT2D eigenvalue weighted by atomic mass is 9.54. The summed E-state index contributed by atoms with van der Waals surface area (Å²) in [6, 6.07) is 6.95. The van der Waals surface area contributed by atoms with Crippen LogP contribution in [0.15, 0.2) is 24.3 Å². The first kappa shape index (κ1) is 14.9. The second-order valence-corrected chi connectivity index (χ2v) is 7.77. The van der Waals surface area contributed by atoms with Crippen LogP contribution in [0.25, 0.3) is 0 Å². The van der Waals surface area contributed by atoms with Crippen LogP contribution in [0.3, 0.4) is 0 Å². The Kier molecular flexibility index (Phi) is 3.71.